The SMILES string of the molecule is Cc1ccccc1Cc1ccc(C(C)C(=O)O)cc1. The van der Waals surface area contributed by atoms with Crippen LogP contribution in [0.2, 0.25) is 0 Å². The monoisotopic (exact) mass is 254 g/mol. The van der Waals surface area contributed by atoms with Gasteiger partial charge in [-0.15, -0.1) is 0 Å². The first kappa shape index (κ1) is 13.3. The summed E-state index contributed by atoms with van der Waals surface area (Å²) in [5, 5.41) is 8.98. The predicted molar refractivity (Wildman–Crippen MR) is 76.5 cm³/mol. The van der Waals surface area contributed by atoms with Crippen LogP contribution in [0.15, 0.2) is 48.5 Å². The molecule has 0 saturated heterocycles. The Morgan fingerprint density at radius 1 is 1.11 bits per heavy atom. The van der Waals surface area contributed by atoms with Gasteiger partial charge in [-0.1, -0.05) is 48.5 Å². The Morgan fingerprint density at radius 3 is 2.32 bits per heavy atom. The maximum absolute atomic E-state index is 10.9. The third-order valence-electron chi connectivity index (χ3n) is 3.51. The molecule has 2 heteroatoms. The Balaban J connectivity index is 2.15. The molecule has 1 N–H and O–H groups in total. The zero-order chi connectivity index (χ0) is 13.8. The molecule has 0 saturated carbocycles. The van der Waals surface area contributed by atoms with Crippen LogP contribution in [-0.4, -0.2) is 11.1 Å². The Morgan fingerprint density at radius 2 is 1.74 bits per heavy atom. The van der Waals surface area contributed by atoms with Gasteiger partial charge in [0, 0.05) is 0 Å². The molecule has 0 aromatic heterocycles. The lowest BCUT2D eigenvalue weighted by Crippen LogP contribution is -2.07. The fourth-order valence-corrected chi connectivity index (χ4v) is 2.10. The van der Waals surface area contributed by atoms with Gasteiger partial charge in [-0.3, -0.25) is 4.79 Å². The van der Waals surface area contributed by atoms with Gasteiger partial charge in [0.15, 0.2) is 0 Å². The number of aliphatic carboxylic acids is 1. The maximum Gasteiger partial charge on any atom is 0.310 e. The molecule has 0 aliphatic rings. The third-order valence-corrected chi connectivity index (χ3v) is 3.51. The molecule has 0 aliphatic carbocycles. The summed E-state index contributed by atoms with van der Waals surface area (Å²) in [5.41, 5.74) is 4.64. The average Bonchev–Trinajstić information content (AvgIpc) is 2.41. The van der Waals surface area contributed by atoms with E-state index in [-0.39, 0.29) is 0 Å². The number of hydrogen-bond donors (Lipinski definition) is 1. The van der Waals surface area contributed by atoms with Crippen LogP contribution in [0, 0.1) is 6.92 Å². The van der Waals surface area contributed by atoms with Crippen molar-refractivity contribution < 1.29 is 9.90 Å². The molecule has 2 aromatic carbocycles. The molecule has 2 aromatic rings. The van der Waals surface area contributed by atoms with Crippen molar-refractivity contribution in [2.45, 2.75) is 26.2 Å². The van der Waals surface area contributed by atoms with Crippen LogP contribution < -0.4 is 0 Å². The molecule has 2 nitrogen and oxygen atoms in total. The second-order valence-electron chi connectivity index (χ2n) is 4.90. The summed E-state index contributed by atoms with van der Waals surface area (Å²) in [6.07, 6.45) is 0.883. The van der Waals surface area contributed by atoms with Crippen LogP contribution in [0.3, 0.4) is 0 Å². The molecule has 98 valence electrons. The molecular formula is C17H18O2. The molecule has 19 heavy (non-hydrogen) atoms. The van der Waals surface area contributed by atoms with Gasteiger partial charge < -0.3 is 5.11 Å². The standard InChI is InChI=1S/C17H18O2/c1-12-5-3-4-6-16(12)11-14-7-9-15(10-8-14)13(2)17(18)19/h3-10,13H,11H2,1-2H3,(H,18,19). The zero-order valence-corrected chi connectivity index (χ0v) is 11.3. The van der Waals surface area contributed by atoms with E-state index < -0.39 is 11.9 Å². The topological polar surface area (TPSA) is 37.3 Å². The van der Waals surface area contributed by atoms with E-state index in [0.29, 0.717) is 0 Å². The summed E-state index contributed by atoms with van der Waals surface area (Å²) in [4.78, 5) is 10.9. The van der Waals surface area contributed by atoms with Crippen molar-refractivity contribution in [1.29, 1.82) is 0 Å². The Bertz CT molecular complexity index is 570. The van der Waals surface area contributed by atoms with Crippen LogP contribution in [-0.2, 0) is 11.2 Å². The highest BCUT2D eigenvalue weighted by atomic mass is 16.4. The first-order valence-corrected chi connectivity index (χ1v) is 6.44. The van der Waals surface area contributed by atoms with Gasteiger partial charge in [-0.2, -0.15) is 0 Å². The summed E-state index contributed by atoms with van der Waals surface area (Å²) in [6, 6.07) is 16.2. The Kier molecular flexibility index (Phi) is 4.00. The van der Waals surface area contributed by atoms with E-state index in [2.05, 4.69) is 19.1 Å². The average molecular weight is 254 g/mol. The van der Waals surface area contributed by atoms with E-state index in [0.717, 1.165) is 12.0 Å². The molecule has 1 atom stereocenters. The smallest absolute Gasteiger partial charge is 0.310 e. The van der Waals surface area contributed by atoms with Gasteiger partial charge in [0.25, 0.3) is 0 Å². The van der Waals surface area contributed by atoms with Crippen LogP contribution in [0.4, 0.5) is 0 Å². The van der Waals surface area contributed by atoms with Gasteiger partial charge in [0.05, 0.1) is 5.92 Å². The van der Waals surface area contributed by atoms with Crippen molar-refractivity contribution in [3.8, 4) is 0 Å². The fraction of sp³-hybridized carbons (Fsp3) is 0.235. The lowest BCUT2D eigenvalue weighted by molar-refractivity contribution is -0.138. The largest absolute Gasteiger partial charge is 0.481 e. The first-order chi connectivity index (χ1) is 9.08. The molecule has 1 unspecified atom stereocenters. The number of rotatable bonds is 4. The highest BCUT2D eigenvalue weighted by Crippen LogP contribution is 2.18. The van der Waals surface area contributed by atoms with Crippen LogP contribution in [0.1, 0.15) is 35.1 Å². The summed E-state index contributed by atoms with van der Waals surface area (Å²) in [7, 11) is 0. The molecular weight excluding hydrogens is 236 g/mol. The van der Waals surface area contributed by atoms with E-state index >= 15 is 0 Å². The highest BCUT2D eigenvalue weighted by Gasteiger charge is 2.12. The summed E-state index contributed by atoms with van der Waals surface area (Å²) in [5.74, 6) is -1.24. The highest BCUT2D eigenvalue weighted by molar-refractivity contribution is 5.75. The van der Waals surface area contributed by atoms with Crippen LogP contribution >= 0.6 is 0 Å². The summed E-state index contributed by atoms with van der Waals surface area (Å²) < 4.78 is 0. The molecule has 0 heterocycles. The summed E-state index contributed by atoms with van der Waals surface area (Å²) >= 11 is 0. The van der Waals surface area contributed by atoms with Crippen molar-refractivity contribution >= 4 is 5.97 Å². The number of carboxylic acid groups (broad SMARTS) is 1. The zero-order valence-electron chi connectivity index (χ0n) is 11.3. The molecule has 0 fully saturated rings. The molecule has 0 bridgehead atoms. The van der Waals surface area contributed by atoms with E-state index in [1.54, 1.807) is 6.92 Å². The Hall–Kier alpha value is -2.09. The maximum atomic E-state index is 10.9. The van der Waals surface area contributed by atoms with Crippen LogP contribution in [0.5, 0.6) is 0 Å². The van der Waals surface area contributed by atoms with Gasteiger partial charge in [0.2, 0.25) is 0 Å². The minimum absolute atomic E-state index is 0.451. The third kappa shape index (κ3) is 3.22. The van der Waals surface area contributed by atoms with Crippen LogP contribution in [0.25, 0.3) is 0 Å². The van der Waals surface area contributed by atoms with Crippen molar-refractivity contribution in [1.82, 2.24) is 0 Å². The lowest BCUT2D eigenvalue weighted by Gasteiger charge is -2.09. The van der Waals surface area contributed by atoms with E-state index in [9.17, 15) is 4.79 Å². The quantitative estimate of drug-likeness (QED) is 0.901. The minimum atomic E-state index is -0.786. The predicted octanol–water partition coefficient (Wildman–Crippen LogP) is 3.77. The number of carboxylic acids is 1. The minimum Gasteiger partial charge on any atom is -0.481 e. The second kappa shape index (κ2) is 5.70. The second-order valence-corrected chi connectivity index (χ2v) is 4.90. The van der Waals surface area contributed by atoms with E-state index in [1.165, 1.54) is 16.7 Å². The van der Waals surface area contributed by atoms with Gasteiger partial charge in [0.1, 0.15) is 0 Å². The van der Waals surface area contributed by atoms with Gasteiger partial charge in [-0.05, 0) is 42.5 Å². The fourth-order valence-electron chi connectivity index (χ4n) is 2.10. The normalized spacial score (nSPS) is 12.1. The van der Waals surface area contributed by atoms with Crippen molar-refractivity contribution in [3.05, 3.63) is 70.8 Å². The van der Waals surface area contributed by atoms with Crippen molar-refractivity contribution in [2.75, 3.05) is 0 Å². The van der Waals surface area contributed by atoms with E-state index in [4.69, 9.17) is 5.11 Å². The van der Waals surface area contributed by atoms with Crippen molar-refractivity contribution in [2.24, 2.45) is 0 Å². The summed E-state index contributed by atoms with van der Waals surface area (Å²) in [6.45, 7) is 3.81. The van der Waals surface area contributed by atoms with Gasteiger partial charge in [-0.25, -0.2) is 0 Å². The first-order valence-electron chi connectivity index (χ1n) is 6.44. The molecule has 0 aliphatic heterocycles. The lowest BCUT2D eigenvalue weighted by atomic mass is 9.96. The molecule has 2 rings (SSSR count). The number of hydrogen-bond acceptors (Lipinski definition) is 1. The van der Waals surface area contributed by atoms with Crippen molar-refractivity contribution in [3.63, 3.8) is 0 Å². The van der Waals surface area contributed by atoms with E-state index in [1.807, 2.05) is 36.4 Å². The van der Waals surface area contributed by atoms with Gasteiger partial charge >= 0.3 is 5.97 Å². The number of carbonyl (C=O) groups is 1. The molecule has 0 amide bonds. The molecule has 0 radical (unpaired) electrons. The molecule has 0 spiro atoms. The Labute approximate surface area is 113 Å². The number of benzene rings is 2. The number of aryl methyl sites for hydroxylation is 1.